The van der Waals surface area contributed by atoms with Crippen LogP contribution in [0.4, 0.5) is 36.2 Å². The Morgan fingerprint density at radius 1 is 1.05 bits per heavy atom. The first-order valence-corrected chi connectivity index (χ1v) is 13.7. The van der Waals surface area contributed by atoms with Crippen molar-refractivity contribution in [1.29, 1.82) is 0 Å². The number of likely N-dealkylation sites (N-methyl/N-ethyl adjacent to an activating group) is 1. The molecule has 0 spiro atoms. The molecule has 0 saturated carbocycles. The number of nitrogens with zero attached hydrogens (tertiary/aromatic N) is 7. The van der Waals surface area contributed by atoms with Crippen LogP contribution < -0.4 is 25.4 Å². The van der Waals surface area contributed by atoms with Gasteiger partial charge < -0.3 is 19.9 Å². The van der Waals surface area contributed by atoms with Gasteiger partial charge in [-0.1, -0.05) is 6.08 Å². The fourth-order valence-corrected chi connectivity index (χ4v) is 5.26. The van der Waals surface area contributed by atoms with Crippen LogP contribution in [-0.2, 0) is 11.3 Å². The molecule has 0 unspecified atom stereocenters. The van der Waals surface area contributed by atoms with E-state index in [9.17, 15) is 22.8 Å². The Bertz CT molecular complexity index is 1740. The maximum Gasteiger partial charge on any atom is 0.406 e. The third-order valence-corrected chi connectivity index (χ3v) is 7.44. The number of anilines is 4. The Hall–Kier alpha value is -4.85. The zero-order chi connectivity index (χ0) is 30.3. The van der Waals surface area contributed by atoms with Crippen molar-refractivity contribution in [2.24, 2.45) is 0 Å². The van der Waals surface area contributed by atoms with E-state index in [0.717, 1.165) is 37.6 Å². The molecule has 4 aromatic rings. The zero-order valence-corrected chi connectivity index (χ0v) is 23.3. The molecule has 11 nitrogen and oxygen atoms in total. The molecule has 6 rings (SSSR count). The molecule has 43 heavy (non-hydrogen) atoms. The maximum atomic E-state index is 13.3. The van der Waals surface area contributed by atoms with Crippen molar-refractivity contribution in [1.82, 2.24) is 24.2 Å². The van der Waals surface area contributed by atoms with Gasteiger partial charge >= 0.3 is 6.18 Å². The average Bonchev–Trinajstić information content (AvgIpc) is 3.25. The highest BCUT2D eigenvalue weighted by molar-refractivity contribution is 5.98. The summed E-state index contributed by atoms with van der Waals surface area (Å²) in [5.41, 5.74) is 1.92. The van der Waals surface area contributed by atoms with Gasteiger partial charge in [0.2, 0.25) is 5.95 Å². The van der Waals surface area contributed by atoms with E-state index in [2.05, 4.69) is 38.7 Å². The predicted octanol–water partition coefficient (Wildman–Crippen LogP) is 3.55. The standard InChI is InChI=1S/C29H29F3N8O3/c1-3-10-39-27(42)22-16-33-28(34-19-4-6-20(7-5-19)37-13-11-36(2)12-14-37)35-26(22)40(39)21-8-9-24-23(15-21)38(18-29(30,31)32)25(41)17-43-24/h3-9,15-16H,1,10-14,17-18H2,2H3,(H,33,34,35). The number of nitrogens with one attached hydrogen (secondary N) is 1. The number of carbonyl (C=O) groups is 1. The second kappa shape index (κ2) is 11.1. The quantitative estimate of drug-likeness (QED) is 0.325. The van der Waals surface area contributed by atoms with Crippen LogP contribution in [0.3, 0.4) is 0 Å². The average molecular weight is 595 g/mol. The van der Waals surface area contributed by atoms with E-state index < -0.39 is 30.8 Å². The van der Waals surface area contributed by atoms with Gasteiger partial charge in [-0.25, -0.2) is 14.3 Å². The van der Waals surface area contributed by atoms with Crippen LogP contribution in [0.1, 0.15) is 0 Å². The van der Waals surface area contributed by atoms with E-state index in [0.29, 0.717) is 10.6 Å². The minimum Gasteiger partial charge on any atom is -0.482 e. The number of ether oxygens (including phenoxy) is 1. The summed E-state index contributed by atoms with van der Waals surface area (Å²) in [7, 11) is 2.11. The van der Waals surface area contributed by atoms with E-state index >= 15 is 0 Å². The first-order chi connectivity index (χ1) is 20.6. The van der Waals surface area contributed by atoms with Crippen LogP contribution in [0.5, 0.6) is 5.75 Å². The van der Waals surface area contributed by atoms with Gasteiger partial charge in [0.15, 0.2) is 12.3 Å². The molecule has 1 N–H and O–H groups in total. The lowest BCUT2D eigenvalue weighted by Gasteiger charge is -2.34. The highest BCUT2D eigenvalue weighted by atomic mass is 19.4. The van der Waals surface area contributed by atoms with Gasteiger partial charge in [0, 0.05) is 43.8 Å². The van der Waals surface area contributed by atoms with E-state index in [1.807, 2.05) is 24.3 Å². The first kappa shape index (κ1) is 28.3. The van der Waals surface area contributed by atoms with Crippen molar-refractivity contribution >= 4 is 40.0 Å². The Morgan fingerprint density at radius 3 is 2.47 bits per heavy atom. The molecule has 224 valence electrons. The lowest BCUT2D eigenvalue weighted by molar-refractivity contribution is -0.134. The van der Waals surface area contributed by atoms with Gasteiger partial charge in [-0.05, 0) is 49.5 Å². The molecular formula is C29H29F3N8O3. The van der Waals surface area contributed by atoms with E-state index in [-0.39, 0.29) is 35.0 Å². The van der Waals surface area contributed by atoms with Gasteiger partial charge in [0.05, 0.1) is 17.9 Å². The number of hydrogen-bond donors (Lipinski definition) is 1. The summed E-state index contributed by atoms with van der Waals surface area (Å²) < 4.78 is 48.2. The number of alkyl halides is 3. The molecule has 2 aliphatic heterocycles. The van der Waals surface area contributed by atoms with Gasteiger partial charge in [0.25, 0.3) is 11.5 Å². The number of benzene rings is 2. The molecule has 4 heterocycles. The molecule has 0 aliphatic carbocycles. The minimum absolute atomic E-state index is 0.0571. The van der Waals surface area contributed by atoms with Crippen LogP contribution in [0, 0.1) is 0 Å². The number of fused-ring (bicyclic) bond motifs is 2. The second-order valence-electron chi connectivity index (χ2n) is 10.4. The fraction of sp³-hybridized carbons (Fsp3) is 0.310. The highest BCUT2D eigenvalue weighted by Crippen LogP contribution is 2.36. The highest BCUT2D eigenvalue weighted by Gasteiger charge is 2.37. The number of halogens is 3. The largest absolute Gasteiger partial charge is 0.482 e. The lowest BCUT2D eigenvalue weighted by atomic mass is 10.2. The normalized spacial score (nSPS) is 15.9. The number of piperazine rings is 1. The molecule has 0 atom stereocenters. The Morgan fingerprint density at radius 2 is 1.77 bits per heavy atom. The minimum atomic E-state index is -4.62. The molecule has 14 heteroatoms. The number of rotatable bonds is 7. The van der Waals surface area contributed by atoms with Gasteiger partial charge in [-0.3, -0.25) is 14.5 Å². The van der Waals surface area contributed by atoms with Crippen LogP contribution in [-0.4, -0.2) is 82.7 Å². The van der Waals surface area contributed by atoms with Gasteiger partial charge in [0.1, 0.15) is 17.7 Å². The van der Waals surface area contributed by atoms with E-state index in [1.54, 1.807) is 6.07 Å². The number of aromatic nitrogens is 4. The van der Waals surface area contributed by atoms with Gasteiger partial charge in [-0.2, -0.15) is 18.2 Å². The van der Waals surface area contributed by atoms with E-state index in [4.69, 9.17) is 4.74 Å². The maximum absolute atomic E-state index is 13.3. The fourth-order valence-electron chi connectivity index (χ4n) is 5.26. The van der Waals surface area contributed by atoms with E-state index in [1.165, 1.54) is 33.8 Å². The third kappa shape index (κ3) is 5.65. The Labute approximate surface area is 244 Å². The summed E-state index contributed by atoms with van der Waals surface area (Å²) in [5.74, 6) is -0.478. The Kier molecular flexibility index (Phi) is 7.30. The van der Waals surface area contributed by atoms with Gasteiger partial charge in [-0.15, -0.1) is 6.58 Å². The predicted molar refractivity (Wildman–Crippen MR) is 157 cm³/mol. The third-order valence-electron chi connectivity index (χ3n) is 7.44. The van der Waals surface area contributed by atoms with Crippen LogP contribution in [0.2, 0.25) is 0 Å². The summed E-state index contributed by atoms with van der Waals surface area (Å²) in [5, 5.41) is 3.37. The number of hydrogen-bond acceptors (Lipinski definition) is 8. The molecule has 1 amide bonds. The van der Waals surface area contributed by atoms with Crippen molar-refractivity contribution in [3.05, 3.63) is 71.7 Å². The zero-order valence-electron chi connectivity index (χ0n) is 23.3. The summed E-state index contributed by atoms with van der Waals surface area (Å²) in [6.07, 6.45) is -1.70. The number of allylic oxidation sites excluding steroid dienone is 1. The molecule has 2 aromatic carbocycles. The van der Waals surface area contributed by atoms with Crippen LogP contribution in [0.25, 0.3) is 16.7 Å². The lowest BCUT2D eigenvalue weighted by Crippen LogP contribution is -2.44. The summed E-state index contributed by atoms with van der Waals surface area (Å²) in [4.78, 5) is 39.9. The second-order valence-corrected chi connectivity index (χ2v) is 10.4. The number of carbonyl (C=O) groups excluding carboxylic acids is 1. The smallest absolute Gasteiger partial charge is 0.406 e. The Balaban J connectivity index is 1.37. The van der Waals surface area contributed by atoms with Crippen LogP contribution >= 0.6 is 0 Å². The molecule has 1 fully saturated rings. The topological polar surface area (TPSA) is 101 Å². The molecular weight excluding hydrogens is 565 g/mol. The molecule has 0 bridgehead atoms. The first-order valence-electron chi connectivity index (χ1n) is 13.7. The van der Waals surface area contributed by atoms with Crippen molar-refractivity contribution < 1.29 is 22.7 Å². The summed E-state index contributed by atoms with van der Waals surface area (Å²) in [6, 6.07) is 12.3. The molecule has 1 saturated heterocycles. The van der Waals surface area contributed by atoms with Crippen LogP contribution in [0.15, 0.2) is 66.1 Å². The van der Waals surface area contributed by atoms with Crippen molar-refractivity contribution in [2.45, 2.75) is 12.7 Å². The monoisotopic (exact) mass is 594 g/mol. The molecule has 2 aromatic heterocycles. The SMILES string of the molecule is C=CCn1c(=O)c2cnc(Nc3ccc(N4CCN(C)CC4)cc3)nc2n1-c1ccc2c(c1)N(CC(F)(F)F)C(=O)CO2. The van der Waals surface area contributed by atoms with Crippen molar-refractivity contribution in [2.75, 3.05) is 61.5 Å². The summed E-state index contributed by atoms with van der Waals surface area (Å²) >= 11 is 0. The molecule has 2 aliphatic rings. The number of amides is 1. The molecule has 0 radical (unpaired) electrons. The van der Waals surface area contributed by atoms with Crippen molar-refractivity contribution in [3.8, 4) is 11.4 Å². The summed E-state index contributed by atoms with van der Waals surface area (Å²) in [6.45, 7) is 5.72. The van der Waals surface area contributed by atoms with Crippen molar-refractivity contribution in [3.63, 3.8) is 0 Å².